The zero-order chi connectivity index (χ0) is 16.6. The Hall–Kier alpha value is -1.17. The third-order valence-electron chi connectivity index (χ3n) is 4.64. The van der Waals surface area contributed by atoms with E-state index in [0.29, 0.717) is 25.0 Å². The molecule has 5 heteroatoms. The normalized spacial score (nSPS) is 26.9. The average Bonchev–Trinajstić information content (AvgIpc) is 2.95. The fourth-order valence-electron chi connectivity index (χ4n) is 3.42. The van der Waals surface area contributed by atoms with Crippen LogP contribution in [0.4, 0.5) is 0 Å². The topological polar surface area (TPSA) is 55.8 Å². The predicted octanol–water partition coefficient (Wildman–Crippen LogP) is 3.82. The van der Waals surface area contributed by atoms with Crippen LogP contribution in [-0.4, -0.2) is 35.8 Å². The highest BCUT2D eigenvalue weighted by Gasteiger charge is 2.53. The summed E-state index contributed by atoms with van der Waals surface area (Å²) < 4.78 is 12.4. The van der Waals surface area contributed by atoms with Gasteiger partial charge in [-0.3, -0.25) is 4.79 Å². The fraction of sp³-hybridized carbons (Fsp3) is 0.500. The number of halogens is 1. The maximum absolute atomic E-state index is 12.8. The van der Waals surface area contributed by atoms with Crippen LogP contribution in [0.3, 0.4) is 0 Å². The summed E-state index contributed by atoms with van der Waals surface area (Å²) in [5, 5.41) is 10.9. The van der Waals surface area contributed by atoms with E-state index in [1.165, 1.54) is 0 Å². The minimum atomic E-state index is -0.873. The molecule has 0 aliphatic carbocycles. The van der Waals surface area contributed by atoms with Crippen molar-refractivity contribution in [2.75, 3.05) is 13.2 Å². The van der Waals surface area contributed by atoms with E-state index in [2.05, 4.69) is 15.9 Å². The van der Waals surface area contributed by atoms with E-state index in [-0.39, 0.29) is 18.1 Å². The lowest BCUT2D eigenvalue weighted by Gasteiger charge is -2.34. The number of carbonyl (C=O) groups excluding carboxylic acids is 1. The molecule has 2 aliphatic rings. The van der Waals surface area contributed by atoms with Gasteiger partial charge in [-0.1, -0.05) is 28.9 Å². The van der Waals surface area contributed by atoms with Crippen molar-refractivity contribution in [2.45, 2.75) is 44.8 Å². The van der Waals surface area contributed by atoms with Crippen LogP contribution >= 0.6 is 15.9 Å². The van der Waals surface area contributed by atoms with E-state index >= 15 is 0 Å². The second kappa shape index (κ2) is 6.38. The quantitative estimate of drug-likeness (QED) is 0.843. The lowest BCUT2D eigenvalue weighted by molar-refractivity contribution is -0.138. The van der Waals surface area contributed by atoms with Crippen LogP contribution in [0.15, 0.2) is 28.4 Å². The first-order valence-electron chi connectivity index (χ1n) is 8.04. The molecule has 0 amide bonds. The summed E-state index contributed by atoms with van der Waals surface area (Å²) >= 11 is 3.46. The van der Waals surface area contributed by atoms with Gasteiger partial charge in [-0.05, 0) is 49.4 Å². The molecule has 0 spiro atoms. The van der Waals surface area contributed by atoms with Crippen LogP contribution < -0.4 is 0 Å². The van der Waals surface area contributed by atoms with E-state index in [0.717, 1.165) is 22.0 Å². The van der Waals surface area contributed by atoms with Crippen molar-refractivity contribution in [1.29, 1.82) is 0 Å². The van der Waals surface area contributed by atoms with Crippen molar-refractivity contribution >= 4 is 27.3 Å². The van der Waals surface area contributed by atoms with Crippen molar-refractivity contribution in [3.8, 4) is 0 Å². The summed E-state index contributed by atoms with van der Waals surface area (Å²) in [4.78, 5) is 12.8. The van der Waals surface area contributed by atoms with Crippen molar-refractivity contribution in [3.05, 3.63) is 39.6 Å². The number of aliphatic hydroxyl groups excluding tert-OH is 1. The number of rotatable bonds is 5. The molecule has 1 aromatic rings. The van der Waals surface area contributed by atoms with Crippen LogP contribution in [0, 0.1) is 0 Å². The highest BCUT2D eigenvalue weighted by molar-refractivity contribution is 9.10. The molecule has 0 unspecified atom stereocenters. The lowest BCUT2D eigenvalue weighted by atomic mass is 9.88. The monoisotopic (exact) mass is 380 g/mol. The Labute approximate surface area is 144 Å². The van der Waals surface area contributed by atoms with Gasteiger partial charge >= 0.3 is 0 Å². The average molecular weight is 381 g/mol. The number of Topliss-reactive ketones (excluding diaryl/α,β-unsaturated/α-hetero) is 1. The number of hydrogen-bond donors (Lipinski definition) is 1. The van der Waals surface area contributed by atoms with E-state index in [4.69, 9.17) is 9.47 Å². The Kier molecular flexibility index (Phi) is 4.63. The molecular formula is C18H21BrO4. The molecule has 1 fully saturated rings. The zero-order valence-corrected chi connectivity index (χ0v) is 15.0. The summed E-state index contributed by atoms with van der Waals surface area (Å²) in [7, 11) is 0. The molecule has 0 saturated carbocycles. The van der Waals surface area contributed by atoms with E-state index in [9.17, 15) is 9.90 Å². The van der Waals surface area contributed by atoms with Crippen molar-refractivity contribution in [3.63, 3.8) is 0 Å². The first-order valence-corrected chi connectivity index (χ1v) is 8.84. The molecule has 2 bridgehead atoms. The van der Waals surface area contributed by atoms with E-state index in [1.54, 1.807) is 0 Å². The van der Waals surface area contributed by atoms with Gasteiger partial charge in [0.05, 0.1) is 12.2 Å². The first kappa shape index (κ1) is 16.7. The zero-order valence-electron chi connectivity index (χ0n) is 13.4. The van der Waals surface area contributed by atoms with Crippen LogP contribution in [0.25, 0.3) is 5.57 Å². The molecule has 4 nitrogen and oxygen atoms in total. The standard InChI is InChI=1S/C18H21BrO4/c1-3-11-9-12(19)5-6-13(11)15-16(20)14-7-8-18(23-14,17(15)21)10-22-4-2/h5-6,9,14,21H,3-4,7-8,10H2,1-2H3/t14-,18-/m0/s1. The number of aliphatic hydroxyl groups is 1. The number of fused-ring (bicyclic) bond motifs is 2. The van der Waals surface area contributed by atoms with Crippen LogP contribution in [0.2, 0.25) is 0 Å². The second-order valence-corrected chi connectivity index (χ2v) is 6.94. The van der Waals surface area contributed by atoms with Crippen LogP contribution in [0.5, 0.6) is 0 Å². The first-order chi connectivity index (χ1) is 11.0. The van der Waals surface area contributed by atoms with Crippen molar-refractivity contribution in [1.82, 2.24) is 0 Å². The summed E-state index contributed by atoms with van der Waals surface area (Å²) in [5.74, 6) is -0.0918. The van der Waals surface area contributed by atoms with Gasteiger partial charge in [-0.2, -0.15) is 0 Å². The molecule has 124 valence electrons. The summed E-state index contributed by atoms with van der Waals surface area (Å²) in [6, 6.07) is 5.79. The SMILES string of the molecule is CCOC[C@]12CC[C@H](O1)C(=O)C(c1ccc(Br)cc1CC)=C2O. The van der Waals surface area contributed by atoms with Gasteiger partial charge in [-0.25, -0.2) is 0 Å². The van der Waals surface area contributed by atoms with E-state index in [1.807, 2.05) is 32.0 Å². The summed E-state index contributed by atoms with van der Waals surface area (Å²) in [6.07, 6.45) is 1.53. The smallest absolute Gasteiger partial charge is 0.195 e. The number of ether oxygens (including phenoxy) is 2. The number of hydrogen-bond acceptors (Lipinski definition) is 4. The third kappa shape index (κ3) is 2.75. The molecule has 2 aliphatic heterocycles. The number of ketones is 1. The van der Waals surface area contributed by atoms with Gasteiger partial charge in [0.15, 0.2) is 5.78 Å². The van der Waals surface area contributed by atoms with Gasteiger partial charge < -0.3 is 14.6 Å². The molecule has 3 rings (SSSR count). The highest BCUT2D eigenvalue weighted by atomic mass is 79.9. The fourth-order valence-corrected chi connectivity index (χ4v) is 3.83. The molecule has 0 radical (unpaired) electrons. The van der Waals surface area contributed by atoms with Gasteiger partial charge in [0, 0.05) is 11.1 Å². The maximum Gasteiger partial charge on any atom is 0.195 e. The van der Waals surface area contributed by atoms with Gasteiger partial charge in [0.25, 0.3) is 0 Å². The highest BCUT2D eigenvalue weighted by Crippen LogP contribution is 2.46. The van der Waals surface area contributed by atoms with Gasteiger partial charge in [-0.15, -0.1) is 0 Å². The van der Waals surface area contributed by atoms with Crippen molar-refractivity contribution in [2.24, 2.45) is 0 Å². The van der Waals surface area contributed by atoms with Crippen LogP contribution in [0.1, 0.15) is 37.8 Å². The minimum Gasteiger partial charge on any atom is -0.508 e. The largest absolute Gasteiger partial charge is 0.508 e. The number of aryl methyl sites for hydroxylation is 1. The third-order valence-corrected chi connectivity index (χ3v) is 5.14. The molecule has 2 atom stereocenters. The Morgan fingerprint density at radius 3 is 2.91 bits per heavy atom. The molecular weight excluding hydrogens is 360 g/mol. The van der Waals surface area contributed by atoms with Gasteiger partial charge in [0.2, 0.25) is 0 Å². The molecule has 2 heterocycles. The Balaban J connectivity index is 2.13. The minimum absolute atomic E-state index is 0.0294. The molecule has 23 heavy (non-hydrogen) atoms. The Morgan fingerprint density at radius 1 is 1.43 bits per heavy atom. The second-order valence-electron chi connectivity index (χ2n) is 6.02. The van der Waals surface area contributed by atoms with E-state index < -0.39 is 11.7 Å². The molecule has 1 aromatic carbocycles. The van der Waals surface area contributed by atoms with Crippen LogP contribution in [-0.2, 0) is 20.7 Å². The summed E-state index contributed by atoms with van der Waals surface area (Å²) in [5.41, 5.74) is 1.36. The number of benzene rings is 1. The molecule has 1 saturated heterocycles. The molecule has 1 N–H and O–H groups in total. The Bertz CT molecular complexity index is 667. The molecule has 0 aromatic heterocycles. The van der Waals surface area contributed by atoms with Gasteiger partial charge in [0.1, 0.15) is 17.5 Å². The van der Waals surface area contributed by atoms with Crippen molar-refractivity contribution < 1.29 is 19.4 Å². The predicted molar refractivity (Wildman–Crippen MR) is 91.4 cm³/mol. The maximum atomic E-state index is 12.8. The Morgan fingerprint density at radius 2 is 2.22 bits per heavy atom. The lowest BCUT2D eigenvalue weighted by Crippen LogP contribution is -2.43. The number of carbonyl (C=O) groups is 1. The summed E-state index contributed by atoms with van der Waals surface area (Å²) in [6.45, 7) is 4.77.